The Kier molecular flexibility index (Phi) is 8.73. The van der Waals surface area contributed by atoms with Crippen LogP contribution in [0.1, 0.15) is 52.6 Å². The number of benzene rings is 2. The maximum atomic E-state index is 12.0. The van der Waals surface area contributed by atoms with Gasteiger partial charge in [0.2, 0.25) is 0 Å². The minimum Gasteiger partial charge on any atom is -0.478 e. The van der Waals surface area contributed by atoms with Gasteiger partial charge in [-0.3, -0.25) is 0 Å². The Morgan fingerprint density at radius 2 is 1.15 bits per heavy atom. The third-order valence-electron chi connectivity index (χ3n) is 4.52. The van der Waals surface area contributed by atoms with Crippen LogP contribution in [0.15, 0.2) is 36.4 Å². The Hall–Kier alpha value is -3.68. The fraction of sp³-hybridized carbons (Fsp3) is 0.190. The number of hydrogen-bond acceptors (Lipinski definition) is 7. The monoisotopic (exact) mass is 572 g/mol. The zero-order chi connectivity index (χ0) is 24.7. The van der Waals surface area contributed by atoms with Crippen molar-refractivity contribution >= 4 is 52.6 Å². The van der Waals surface area contributed by atoms with E-state index in [-0.39, 0.29) is 28.6 Å². The molecule has 0 heterocycles. The predicted octanol–water partition coefficient (Wildman–Crippen LogP) is 3.18. The molecule has 0 radical (unpaired) electrons. The molecular weight excluding hydrogens is 555 g/mol. The number of hydrogen-bond donors (Lipinski definition) is 4. The van der Waals surface area contributed by atoms with E-state index in [0.717, 1.165) is 12.1 Å². The first-order valence-corrected chi connectivity index (χ1v) is 10.7. The van der Waals surface area contributed by atoms with Gasteiger partial charge in [-0.15, -0.1) is 0 Å². The van der Waals surface area contributed by atoms with Gasteiger partial charge in [0.1, 0.15) is 10.7 Å². The third-order valence-corrected chi connectivity index (χ3v) is 4.83. The number of carbonyl (C=O) groups is 5. The summed E-state index contributed by atoms with van der Waals surface area (Å²) < 4.78 is 9.89. The molecule has 2 aromatic rings. The number of halogens is 1. The molecule has 0 saturated heterocycles. The van der Waals surface area contributed by atoms with Gasteiger partial charge in [0.05, 0.1) is 22.3 Å². The number of aromatic carboxylic acids is 4. The molecule has 0 amide bonds. The molecule has 0 atom stereocenters. The van der Waals surface area contributed by atoms with Crippen molar-refractivity contribution in [1.82, 2.24) is 0 Å². The van der Waals surface area contributed by atoms with E-state index in [9.17, 15) is 44.4 Å². The van der Waals surface area contributed by atoms with Crippen molar-refractivity contribution in [2.45, 2.75) is 18.9 Å². The molecule has 0 aliphatic rings. The molecule has 0 aliphatic carbocycles. The summed E-state index contributed by atoms with van der Waals surface area (Å²) in [6, 6.07) is 7.52. The van der Waals surface area contributed by atoms with E-state index in [1.165, 1.54) is 24.3 Å². The van der Waals surface area contributed by atoms with E-state index >= 15 is 0 Å². The summed E-state index contributed by atoms with van der Waals surface area (Å²) in [7, 11) is 0. The van der Waals surface area contributed by atoms with Crippen LogP contribution >= 0.6 is 22.6 Å². The molecule has 11 nitrogen and oxygen atoms in total. The first-order valence-electron chi connectivity index (χ1n) is 9.13. The summed E-state index contributed by atoms with van der Waals surface area (Å²) in [6.07, 6.45) is -2.94. The Balaban J connectivity index is 2.54. The zero-order valence-corrected chi connectivity index (χ0v) is 18.8. The average molecular weight is 572 g/mol. The van der Waals surface area contributed by atoms with Crippen LogP contribution < -0.4 is 0 Å². The summed E-state index contributed by atoms with van der Waals surface area (Å²) in [5, 5.41) is 37.7. The standard InChI is InChI=1S/C21H17IO11/c22-9-32-21(31)33-12(7-10-3-1-5-13(17(23)24)15(10)19(27)28)8-11-4-2-6-14(18(25)26)16(11)20(29)30/h1-6,12H,7-9H2,(H,23,24)(H,25,26)(H,27,28)(H,29,30). The lowest BCUT2D eigenvalue weighted by Gasteiger charge is -2.20. The predicted molar refractivity (Wildman–Crippen MR) is 118 cm³/mol. The van der Waals surface area contributed by atoms with Crippen molar-refractivity contribution in [3.05, 3.63) is 69.8 Å². The number of rotatable bonds is 10. The first-order chi connectivity index (χ1) is 15.6. The van der Waals surface area contributed by atoms with Gasteiger partial charge in [-0.2, -0.15) is 0 Å². The molecule has 0 saturated carbocycles. The average Bonchev–Trinajstić information content (AvgIpc) is 2.72. The van der Waals surface area contributed by atoms with E-state index in [1.54, 1.807) is 22.6 Å². The van der Waals surface area contributed by atoms with Gasteiger partial charge in [-0.1, -0.05) is 24.3 Å². The Morgan fingerprint density at radius 1 is 0.727 bits per heavy atom. The molecule has 0 aromatic heterocycles. The highest BCUT2D eigenvalue weighted by Crippen LogP contribution is 2.23. The largest absolute Gasteiger partial charge is 0.509 e. The molecule has 0 spiro atoms. The minimum atomic E-state index is -1.52. The molecule has 4 N–H and O–H groups in total. The third kappa shape index (κ3) is 6.41. The maximum absolute atomic E-state index is 12.0. The van der Waals surface area contributed by atoms with Gasteiger partial charge < -0.3 is 29.9 Å². The topological polar surface area (TPSA) is 185 Å². The lowest BCUT2D eigenvalue weighted by molar-refractivity contribution is 0.0353. The quantitative estimate of drug-likeness (QED) is 0.186. The van der Waals surface area contributed by atoms with Crippen LogP contribution in [0.5, 0.6) is 0 Å². The van der Waals surface area contributed by atoms with Gasteiger partial charge in [0.25, 0.3) is 0 Å². The van der Waals surface area contributed by atoms with Crippen LogP contribution in [0, 0.1) is 0 Å². The fourth-order valence-corrected chi connectivity index (χ4v) is 3.52. The van der Waals surface area contributed by atoms with Gasteiger partial charge in [0, 0.05) is 12.8 Å². The van der Waals surface area contributed by atoms with E-state index in [4.69, 9.17) is 9.47 Å². The van der Waals surface area contributed by atoms with Crippen LogP contribution in [-0.4, -0.2) is 61.2 Å². The second kappa shape index (κ2) is 11.3. The number of carbonyl (C=O) groups excluding carboxylic acids is 1. The molecule has 12 heteroatoms. The minimum absolute atomic E-state index is 0.0148. The van der Waals surface area contributed by atoms with Crippen LogP contribution in [0.25, 0.3) is 0 Å². The van der Waals surface area contributed by atoms with Gasteiger partial charge >= 0.3 is 30.0 Å². The zero-order valence-electron chi connectivity index (χ0n) is 16.7. The summed E-state index contributed by atoms with van der Waals surface area (Å²) >= 11 is 1.74. The number of carboxylic acid groups (broad SMARTS) is 4. The number of alkyl halides is 1. The highest BCUT2D eigenvalue weighted by atomic mass is 127. The molecule has 0 aliphatic heterocycles. The molecular formula is C21H17IO11. The second-order valence-corrected chi connectivity index (χ2v) is 7.17. The van der Waals surface area contributed by atoms with Gasteiger partial charge in [0.15, 0.2) is 0 Å². The summed E-state index contributed by atoms with van der Waals surface area (Å²) in [4.78, 5) is 58.3. The first kappa shape index (κ1) is 25.6. The van der Waals surface area contributed by atoms with Crippen LogP contribution in [-0.2, 0) is 22.3 Å². The van der Waals surface area contributed by atoms with E-state index < -0.39 is 58.4 Å². The van der Waals surface area contributed by atoms with Crippen molar-refractivity contribution in [3.8, 4) is 0 Å². The molecule has 0 bridgehead atoms. The normalized spacial score (nSPS) is 10.5. The van der Waals surface area contributed by atoms with Crippen LogP contribution in [0.2, 0.25) is 0 Å². The molecule has 0 fully saturated rings. The fourth-order valence-electron chi connectivity index (χ4n) is 3.26. The molecule has 2 rings (SSSR count). The maximum Gasteiger partial charge on any atom is 0.509 e. The van der Waals surface area contributed by atoms with Gasteiger partial charge in [-0.05, 0) is 45.9 Å². The summed E-state index contributed by atoms with van der Waals surface area (Å²) in [5.74, 6) is -5.98. The van der Waals surface area contributed by atoms with E-state index in [0.29, 0.717) is 0 Å². The van der Waals surface area contributed by atoms with E-state index in [2.05, 4.69) is 0 Å². The SMILES string of the molecule is O=C(OCI)OC(Cc1cccc(C(=O)O)c1C(=O)O)Cc1cccc(C(=O)O)c1C(=O)O. The smallest absolute Gasteiger partial charge is 0.478 e. The molecule has 33 heavy (non-hydrogen) atoms. The Morgan fingerprint density at radius 3 is 1.48 bits per heavy atom. The van der Waals surface area contributed by atoms with Crippen molar-refractivity contribution in [3.63, 3.8) is 0 Å². The number of ether oxygens (including phenoxy) is 2. The van der Waals surface area contributed by atoms with Crippen molar-refractivity contribution in [2.24, 2.45) is 0 Å². The van der Waals surface area contributed by atoms with Crippen LogP contribution in [0.3, 0.4) is 0 Å². The highest BCUT2D eigenvalue weighted by molar-refractivity contribution is 14.1. The van der Waals surface area contributed by atoms with E-state index in [1.807, 2.05) is 0 Å². The van der Waals surface area contributed by atoms with Crippen molar-refractivity contribution in [1.29, 1.82) is 0 Å². The number of carboxylic acids is 4. The lowest BCUT2D eigenvalue weighted by Crippen LogP contribution is -2.26. The Bertz CT molecular complexity index is 1030. The van der Waals surface area contributed by atoms with Gasteiger partial charge in [-0.25, -0.2) is 24.0 Å². The van der Waals surface area contributed by atoms with Crippen molar-refractivity contribution in [2.75, 3.05) is 4.61 Å². The lowest BCUT2D eigenvalue weighted by atomic mass is 9.92. The second-order valence-electron chi connectivity index (χ2n) is 6.55. The molecule has 2 aromatic carbocycles. The van der Waals surface area contributed by atoms with Crippen molar-refractivity contribution < 1.29 is 53.9 Å². The Labute approximate surface area is 199 Å². The summed E-state index contributed by atoms with van der Waals surface area (Å²) in [6.45, 7) is 0. The highest BCUT2D eigenvalue weighted by Gasteiger charge is 2.27. The van der Waals surface area contributed by atoms with Crippen LogP contribution in [0.4, 0.5) is 4.79 Å². The molecule has 0 unspecified atom stereocenters. The molecule has 174 valence electrons. The summed E-state index contributed by atoms with van der Waals surface area (Å²) in [5.41, 5.74) is -1.96.